The topological polar surface area (TPSA) is 63.6 Å². The molecule has 5 unspecified atom stereocenters. The summed E-state index contributed by atoms with van der Waals surface area (Å²) in [5.74, 6) is 0.0494. The molecule has 0 aliphatic heterocycles. The lowest BCUT2D eigenvalue weighted by atomic mass is 9.45. The summed E-state index contributed by atoms with van der Waals surface area (Å²) in [6.45, 7) is 8.46. The molecular weight excluding hydrogens is 328 g/mol. The summed E-state index contributed by atoms with van der Waals surface area (Å²) in [4.78, 5) is 24.5. The molecule has 26 heavy (non-hydrogen) atoms. The van der Waals surface area contributed by atoms with Crippen LogP contribution in [-0.4, -0.2) is 24.2 Å². The monoisotopic (exact) mass is 360 g/mol. The number of carbonyl (C=O) groups excluding carboxylic acids is 1. The van der Waals surface area contributed by atoms with Crippen molar-refractivity contribution in [1.29, 1.82) is 0 Å². The third-order valence-electron chi connectivity index (χ3n) is 7.54. The van der Waals surface area contributed by atoms with Crippen LogP contribution in [0.1, 0.15) is 59.8 Å². The van der Waals surface area contributed by atoms with Crippen molar-refractivity contribution < 1.29 is 19.4 Å². The highest BCUT2D eigenvalue weighted by Crippen LogP contribution is 2.63. The minimum atomic E-state index is -0.833. The second-order valence-electron chi connectivity index (χ2n) is 9.25. The van der Waals surface area contributed by atoms with Gasteiger partial charge in [0.05, 0.1) is 18.1 Å². The molecule has 4 heteroatoms. The van der Waals surface area contributed by atoms with Crippen LogP contribution >= 0.6 is 0 Å². The summed E-state index contributed by atoms with van der Waals surface area (Å²) in [6.07, 6.45) is 9.15. The van der Waals surface area contributed by atoms with Gasteiger partial charge in [-0.2, -0.15) is 0 Å². The molecule has 0 saturated heterocycles. The van der Waals surface area contributed by atoms with E-state index in [1.165, 1.54) is 7.11 Å². The zero-order valence-corrected chi connectivity index (χ0v) is 16.7. The van der Waals surface area contributed by atoms with Crippen LogP contribution in [0.2, 0.25) is 0 Å². The number of allylic oxidation sites excluding steroid dienone is 2. The van der Waals surface area contributed by atoms with Gasteiger partial charge in [-0.3, -0.25) is 4.79 Å². The molecule has 2 fully saturated rings. The van der Waals surface area contributed by atoms with E-state index in [-0.39, 0.29) is 29.1 Å². The third kappa shape index (κ3) is 2.73. The smallest absolute Gasteiger partial charge is 0.335 e. The molecule has 1 N–H and O–H groups in total. The Morgan fingerprint density at radius 1 is 1.19 bits per heavy atom. The number of ether oxygens (including phenoxy) is 1. The molecule has 2 saturated carbocycles. The Morgan fingerprint density at radius 2 is 1.88 bits per heavy atom. The van der Waals surface area contributed by atoms with Crippen LogP contribution in [0.5, 0.6) is 0 Å². The van der Waals surface area contributed by atoms with E-state index in [1.54, 1.807) is 0 Å². The molecule has 5 atom stereocenters. The van der Waals surface area contributed by atoms with Crippen molar-refractivity contribution >= 4 is 11.9 Å². The Kier molecular flexibility index (Phi) is 4.83. The van der Waals surface area contributed by atoms with Gasteiger partial charge in [0.1, 0.15) is 0 Å². The molecule has 0 heterocycles. The van der Waals surface area contributed by atoms with Gasteiger partial charge in [-0.1, -0.05) is 39.3 Å². The Balaban J connectivity index is 2.04. The van der Waals surface area contributed by atoms with Gasteiger partial charge >= 0.3 is 11.9 Å². The molecule has 3 aliphatic rings. The van der Waals surface area contributed by atoms with Crippen molar-refractivity contribution in [2.75, 3.05) is 7.11 Å². The Hall–Kier alpha value is -1.58. The number of carbonyl (C=O) groups is 2. The third-order valence-corrected chi connectivity index (χ3v) is 7.54. The van der Waals surface area contributed by atoms with Crippen LogP contribution in [0.15, 0.2) is 23.3 Å². The van der Waals surface area contributed by atoms with Crippen molar-refractivity contribution in [3.63, 3.8) is 0 Å². The SMILES string of the molecule is COC(=O)C1(C)CCCC2(C)C3C=C(C(=O)O)C(C(C)C)=CC3CCC12. The number of aliphatic carboxylic acids is 1. The number of rotatable bonds is 3. The van der Waals surface area contributed by atoms with Crippen molar-refractivity contribution in [2.45, 2.75) is 59.8 Å². The largest absolute Gasteiger partial charge is 0.478 e. The van der Waals surface area contributed by atoms with Crippen LogP contribution in [0.25, 0.3) is 0 Å². The molecule has 3 rings (SSSR count). The summed E-state index contributed by atoms with van der Waals surface area (Å²) >= 11 is 0. The first kappa shape index (κ1) is 19.2. The number of carboxylic acid groups (broad SMARTS) is 1. The predicted octanol–water partition coefficient (Wildman–Crippen LogP) is 4.61. The number of fused-ring (bicyclic) bond motifs is 3. The summed E-state index contributed by atoms with van der Waals surface area (Å²) in [5, 5.41) is 9.77. The average molecular weight is 360 g/mol. The van der Waals surface area contributed by atoms with Gasteiger partial charge in [-0.25, -0.2) is 4.79 Å². The van der Waals surface area contributed by atoms with Crippen molar-refractivity contribution in [1.82, 2.24) is 0 Å². The fourth-order valence-electron chi connectivity index (χ4n) is 6.26. The molecule has 0 aromatic carbocycles. The molecule has 3 aliphatic carbocycles. The van der Waals surface area contributed by atoms with E-state index in [4.69, 9.17) is 4.74 Å². The number of carboxylic acids is 1. The maximum absolute atomic E-state index is 12.6. The van der Waals surface area contributed by atoms with E-state index in [0.29, 0.717) is 11.5 Å². The number of esters is 1. The maximum Gasteiger partial charge on any atom is 0.335 e. The minimum absolute atomic E-state index is 0.0657. The Bertz CT molecular complexity index is 674. The Labute approximate surface area is 156 Å². The summed E-state index contributed by atoms with van der Waals surface area (Å²) < 4.78 is 5.17. The lowest BCUT2D eigenvalue weighted by Crippen LogP contribution is -2.55. The van der Waals surface area contributed by atoms with E-state index >= 15 is 0 Å². The predicted molar refractivity (Wildman–Crippen MR) is 100 cm³/mol. The first-order valence-corrected chi connectivity index (χ1v) is 9.90. The zero-order valence-electron chi connectivity index (χ0n) is 16.7. The van der Waals surface area contributed by atoms with Gasteiger partial charge in [0.15, 0.2) is 0 Å². The van der Waals surface area contributed by atoms with Crippen LogP contribution in [0.3, 0.4) is 0 Å². The minimum Gasteiger partial charge on any atom is -0.478 e. The van der Waals surface area contributed by atoms with Gasteiger partial charge in [-0.15, -0.1) is 0 Å². The molecule has 144 valence electrons. The number of hydrogen-bond acceptors (Lipinski definition) is 3. The fraction of sp³-hybridized carbons (Fsp3) is 0.727. The first-order chi connectivity index (χ1) is 12.1. The van der Waals surface area contributed by atoms with Gasteiger partial charge < -0.3 is 9.84 Å². The lowest BCUT2D eigenvalue weighted by molar-refractivity contribution is -0.170. The molecule has 0 radical (unpaired) electrons. The highest BCUT2D eigenvalue weighted by atomic mass is 16.5. The van der Waals surface area contributed by atoms with E-state index in [1.807, 2.05) is 6.08 Å². The summed E-state index contributed by atoms with van der Waals surface area (Å²) in [6, 6.07) is 0. The van der Waals surface area contributed by atoms with Gasteiger partial charge in [0, 0.05) is 0 Å². The highest BCUT2D eigenvalue weighted by molar-refractivity contribution is 5.92. The zero-order chi connectivity index (χ0) is 19.3. The summed E-state index contributed by atoms with van der Waals surface area (Å²) in [7, 11) is 1.48. The van der Waals surface area contributed by atoms with Gasteiger partial charge in [0.2, 0.25) is 0 Å². The quantitative estimate of drug-likeness (QED) is 0.747. The highest BCUT2D eigenvalue weighted by Gasteiger charge is 2.59. The second-order valence-corrected chi connectivity index (χ2v) is 9.25. The van der Waals surface area contributed by atoms with Crippen molar-refractivity contribution in [2.24, 2.45) is 34.5 Å². The average Bonchev–Trinajstić information content (AvgIpc) is 2.59. The molecule has 4 nitrogen and oxygen atoms in total. The van der Waals surface area contributed by atoms with E-state index in [0.717, 1.165) is 37.7 Å². The lowest BCUT2D eigenvalue weighted by Gasteiger charge is -2.58. The van der Waals surface area contributed by atoms with Gasteiger partial charge in [-0.05, 0) is 67.3 Å². The normalized spacial score (nSPS) is 39.4. The fourth-order valence-corrected chi connectivity index (χ4v) is 6.26. The first-order valence-electron chi connectivity index (χ1n) is 9.90. The molecule has 0 aromatic rings. The number of hydrogen-bond donors (Lipinski definition) is 1. The molecule has 0 spiro atoms. The second kappa shape index (κ2) is 6.54. The Morgan fingerprint density at radius 3 is 2.46 bits per heavy atom. The maximum atomic E-state index is 12.6. The molecule has 0 aromatic heterocycles. The van der Waals surface area contributed by atoms with Crippen LogP contribution in [0, 0.1) is 34.5 Å². The molecule has 0 amide bonds. The van der Waals surface area contributed by atoms with E-state index in [2.05, 4.69) is 33.8 Å². The van der Waals surface area contributed by atoms with Crippen LogP contribution < -0.4 is 0 Å². The van der Waals surface area contributed by atoms with E-state index < -0.39 is 11.4 Å². The van der Waals surface area contributed by atoms with Gasteiger partial charge in [0.25, 0.3) is 0 Å². The van der Waals surface area contributed by atoms with E-state index in [9.17, 15) is 14.7 Å². The van der Waals surface area contributed by atoms with Crippen LogP contribution in [-0.2, 0) is 14.3 Å². The van der Waals surface area contributed by atoms with Crippen LogP contribution in [0.4, 0.5) is 0 Å². The summed E-state index contributed by atoms with van der Waals surface area (Å²) in [5.41, 5.74) is 0.899. The van der Waals surface area contributed by atoms with Crippen molar-refractivity contribution in [3.05, 3.63) is 23.3 Å². The molecule has 0 bridgehead atoms. The molecular formula is C22H32O4. The standard InChI is InChI=1S/C22H32O4/c1-13(2)15-11-14-7-8-18-21(3,17(14)12-16(15)19(23)24)9-6-10-22(18,4)20(25)26-5/h11-14,17-18H,6-10H2,1-5H3,(H,23,24). The van der Waals surface area contributed by atoms with Crippen molar-refractivity contribution in [3.8, 4) is 0 Å². The number of methoxy groups -OCH3 is 1.